The van der Waals surface area contributed by atoms with E-state index in [1.165, 1.54) is 0 Å². The van der Waals surface area contributed by atoms with Crippen molar-refractivity contribution in [3.8, 4) is 16.8 Å². The first-order chi connectivity index (χ1) is 14.1. The van der Waals surface area contributed by atoms with Gasteiger partial charge in [0.1, 0.15) is 0 Å². The number of aromatic nitrogens is 1. The van der Waals surface area contributed by atoms with Gasteiger partial charge in [0, 0.05) is 27.0 Å². The predicted octanol–water partition coefficient (Wildman–Crippen LogP) is 7.10. The van der Waals surface area contributed by atoms with Crippen LogP contribution >= 0.6 is 11.6 Å². The number of halogens is 1. The van der Waals surface area contributed by atoms with Crippen molar-refractivity contribution in [3.63, 3.8) is 0 Å². The number of hydrogen-bond donors (Lipinski definition) is 0. The molecule has 0 aliphatic rings. The summed E-state index contributed by atoms with van der Waals surface area (Å²) < 4.78 is 27.5. The van der Waals surface area contributed by atoms with Gasteiger partial charge in [-0.1, -0.05) is 78.3 Å². The first kappa shape index (κ1) is 12.3. The van der Waals surface area contributed by atoms with Crippen molar-refractivity contribution in [2.45, 2.75) is 0 Å². The molecule has 2 heteroatoms. The Morgan fingerprint density at radius 2 is 1.46 bits per heavy atom. The molecular formula is C24H16ClN. The zero-order valence-electron chi connectivity index (χ0n) is 16.8. The summed E-state index contributed by atoms with van der Waals surface area (Å²) in [5.41, 5.74) is 4.38. The van der Waals surface area contributed by atoms with Crippen LogP contribution < -0.4 is 0 Å². The molecule has 0 fully saturated rings. The number of benzene rings is 4. The van der Waals surface area contributed by atoms with Gasteiger partial charge in [-0.2, -0.15) is 0 Å². The molecule has 0 atom stereocenters. The minimum Gasteiger partial charge on any atom is -0.309 e. The number of hydrogen-bond acceptors (Lipinski definition) is 0. The maximum Gasteiger partial charge on any atom is 0.0646 e. The molecule has 124 valence electrons. The topological polar surface area (TPSA) is 4.93 Å². The van der Waals surface area contributed by atoms with E-state index in [0.29, 0.717) is 10.9 Å². The van der Waals surface area contributed by atoms with E-state index in [1.54, 1.807) is 0 Å². The van der Waals surface area contributed by atoms with Crippen LogP contribution in [0.3, 0.4) is 0 Å². The van der Waals surface area contributed by atoms with Gasteiger partial charge < -0.3 is 4.57 Å². The highest BCUT2D eigenvalue weighted by Crippen LogP contribution is 2.38. The third-order valence-electron chi connectivity index (χ3n) is 4.61. The van der Waals surface area contributed by atoms with Gasteiger partial charge in [0.2, 0.25) is 0 Å². The molecule has 4 aromatic carbocycles. The van der Waals surface area contributed by atoms with E-state index in [9.17, 15) is 0 Å². The van der Waals surface area contributed by atoms with Crippen LogP contribution in [0.15, 0.2) is 97.0 Å². The fourth-order valence-corrected chi connectivity index (χ4v) is 3.66. The van der Waals surface area contributed by atoms with Gasteiger partial charge in [0.15, 0.2) is 0 Å². The smallest absolute Gasteiger partial charge is 0.0646 e. The van der Waals surface area contributed by atoms with Gasteiger partial charge in [-0.3, -0.25) is 0 Å². The molecule has 0 saturated heterocycles. The molecule has 1 nitrogen and oxygen atoms in total. The molecule has 0 aliphatic heterocycles. The van der Waals surface area contributed by atoms with E-state index in [4.69, 9.17) is 15.7 Å². The fourth-order valence-electron chi connectivity index (χ4n) is 3.52. The van der Waals surface area contributed by atoms with E-state index in [0.717, 1.165) is 27.7 Å². The lowest BCUT2D eigenvalue weighted by atomic mass is 10.0. The molecule has 0 bridgehead atoms. The average Bonchev–Trinajstić information content (AvgIpc) is 3.13. The summed E-state index contributed by atoms with van der Waals surface area (Å²) in [6.07, 6.45) is 0. The SMILES string of the molecule is [2H]c1c(Cl)c([2H])c2c3cccc(-c4ccccc4)c3n(-c3ccccc3)c2c1[2H]. The minimum absolute atomic E-state index is 0.0136. The van der Waals surface area contributed by atoms with Crippen LogP contribution in [-0.4, -0.2) is 4.57 Å². The van der Waals surface area contributed by atoms with Gasteiger partial charge >= 0.3 is 0 Å². The number of rotatable bonds is 2. The molecule has 0 radical (unpaired) electrons. The molecule has 26 heavy (non-hydrogen) atoms. The Morgan fingerprint density at radius 3 is 2.23 bits per heavy atom. The van der Waals surface area contributed by atoms with Crippen LogP contribution in [0, 0.1) is 0 Å². The summed E-state index contributed by atoms with van der Waals surface area (Å²) in [6, 6.07) is 25.8. The fraction of sp³-hybridized carbons (Fsp3) is 0. The summed E-state index contributed by atoms with van der Waals surface area (Å²) in [4.78, 5) is 0. The first-order valence-corrected chi connectivity index (χ1v) is 8.80. The van der Waals surface area contributed by atoms with Gasteiger partial charge in [0.05, 0.1) is 15.1 Å². The molecule has 0 saturated carbocycles. The Balaban J connectivity index is 2.08. The van der Waals surface area contributed by atoms with Gasteiger partial charge in [-0.15, -0.1) is 0 Å². The van der Waals surface area contributed by atoms with Crippen molar-refractivity contribution < 1.29 is 4.11 Å². The monoisotopic (exact) mass is 356 g/mol. The van der Waals surface area contributed by atoms with Crippen molar-refractivity contribution in [1.29, 1.82) is 0 Å². The van der Waals surface area contributed by atoms with Gasteiger partial charge in [-0.05, 0) is 35.8 Å². The normalized spacial score (nSPS) is 12.9. The van der Waals surface area contributed by atoms with Crippen LogP contribution in [0.5, 0.6) is 0 Å². The van der Waals surface area contributed by atoms with Crippen molar-refractivity contribution in [2.24, 2.45) is 0 Å². The molecule has 5 aromatic rings. The van der Waals surface area contributed by atoms with E-state index in [1.807, 2.05) is 83.4 Å². The van der Waals surface area contributed by atoms with Crippen molar-refractivity contribution in [3.05, 3.63) is 102 Å². The molecule has 0 unspecified atom stereocenters. The Bertz CT molecular complexity index is 1380. The molecule has 0 aliphatic carbocycles. The van der Waals surface area contributed by atoms with Crippen molar-refractivity contribution >= 4 is 33.4 Å². The van der Waals surface area contributed by atoms with Crippen LogP contribution in [0.4, 0.5) is 0 Å². The lowest BCUT2D eigenvalue weighted by Crippen LogP contribution is -1.95. The average molecular weight is 357 g/mol. The number of fused-ring (bicyclic) bond motifs is 3. The Hall–Kier alpha value is -3.03. The van der Waals surface area contributed by atoms with Gasteiger partial charge in [-0.25, -0.2) is 0 Å². The summed E-state index contributed by atoms with van der Waals surface area (Å²) in [7, 11) is 0. The lowest BCUT2D eigenvalue weighted by molar-refractivity contribution is 1.18. The molecule has 5 rings (SSSR count). The third kappa shape index (κ3) is 2.33. The maximum atomic E-state index is 8.65. The first-order valence-electron chi connectivity index (χ1n) is 9.93. The van der Waals surface area contributed by atoms with E-state index in [-0.39, 0.29) is 23.1 Å². The van der Waals surface area contributed by atoms with Crippen LogP contribution in [-0.2, 0) is 0 Å². The zero-order valence-corrected chi connectivity index (χ0v) is 14.6. The summed E-state index contributed by atoms with van der Waals surface area (Å²) >= 11 is 6.27. The molecular weight excluding hydrogens is 338 g/mol. The molecule has 1 heterocycles. The molecule has 1 aromatic heterocycles. The highest BCUT2D eigenvalue weighted by atomic mass is 35.5. The molecule has 0 amide bonds. The van der Waals surface area contributed by atoms with Crippen molar-refractivity contribution in [2.75, 3.05) is 0 Å². The zero-order chi connectivity index (χ0) is 20.1. The minimum atomic E-state index is -0.120. The van der Waals surface area contributed by atoms with Gasteiger partial charge in [0.25, 0.3) is 0 Å². The summed E-state index contributed by atoms with van der Waals surface area (Å²) in [6.45, 7) is 0. The van der Waals surface area contributed by atoms with Crippen LogP contribution in [0.2, 0.25) is 5.02 Å². The Kier molecular flexibility index (Phi) is 2.87. The lowest BCUT2D eigenvalue weighted by Gasteiger charge is -2.11. The highest BCUT2D eigenvalue weighted by molar-refractivity contribution is 6.32. The second kappa shape index (κ2) is 6.05. The summed E-state index contributed by atoms with van der Waals surface area (Å²) in [5.74, 6) is 0. The quantitative estimate of drug-likeness (QED) is 0.318. The van der Waals surface area contributed by atoms with E-state index in [2.05, 4.69) is 0 Å². The maximum absolute atomic E-state index is 8.65. The van der Waals surface area contributed by atoms with Crippen molar-refractivity contribution in [1.82, 2.24) is 4.57 Å². The Morgan fingerprint density at radius 1 is 0.731 bits per heavy atom. The van der Waals surface area contributed by atoms with Crippen LogP contribution in [0.25, 0.3) is 38.6 Å². The summed E-state index contributed by atoms with van der Waals surface area (Å²) in [5, 5.41) is 1.47. The number of nitrogens with zero attached hydrogens (tertiary/aromatic N) is 1. The second-order valence-corrected chi connectivity index (χ2v) is 6.53. The standard InChI is InChI=1S/C24H16ClN/c25-18-14-15-23-22(16-18)21-13-7-12-20(17-8-3-1-4-9-17)24(21)26(23)19-10-5-2-6-11-19/h1-16H/i14D,15D,16D. The number of para-hydroxylation sites is 2. The van der Waals surface area contributed by atoms with Crippen LogP contribution in [0.1, 0.15) is 4.11 Å². The largest absolute Gasteiger partial charge is 0.309 e. The van der Waals surface area contributed by atoms with E-state index < -0.39 is 0 Å². The highest BCUT2D eigenvalue weighted by Gasteiger charge is 2.16. The predicted molar refractivity (Wildman–Crippen MR) is 111 cm³/mol. The second-order valence-electron chi connectivity index (χ2n) is 6.15. The third-order valence-corrected chi connectivity index (χ3v) is 4.80. The molecule has 0 spiro atoms. The Labute approximate surface area is 161 Å². The molecule has 0 N–H and O–H groups in total. The van der Waals surface area contributed by atoms with E-state index >= 15 is 0 Å².